The number of aromatic carboxylic acids is 2. The maximum Gasteiger partial charge on any atom is 0.335 e. The molecule has 0 aliphatic rings. The Balaban J connectivity index is 1.23. The van der Waals surface area contributed by atoms with Gasteiger partial charge in [0.15, 0.2) is 0 Å². The van der Waals surface area contributed by atoms with E-state index in [0.29, 0.717) is 29.2 Å². The first-order chi connectivity index (χ1) is 29.6. The van der Waals surface area contributed by atoms with E-state index >= 15 is 0 Å². The maximum absolute atomic E-state index is 12.3. The highest BCUT2D eigenvalue weighted by atomic mass is 32.2. The van der Waals surface area contributed by atoms with Crippen LogP contribution in [0.3, 0.4) is 0 Å². The second-order valence-corrected chi connectivity index (χ2v) is 17.1. The first kappa shape index (κ1) is 45.1. The van der Waals surface area contributed by atoms with Crippen LogP contribution < -0.4 is 15.5 Å². The number of fused-ring (bicyclic) bond motifs is 1. The van der Waals surface area contributed by atoms with E-state index in [9.17, 15) is 63.8 Å². The molecular formula is C36H30N10O14S3. The minimum atomic E-state index is -5.23. The van der Waals surface area contributed by atoms with Gasteiger partial charge >= 0.3 is 11.9 Å². The van der Waals surface area contributed by atoms with Gasteiger partial charge in [0.05, 0.1) is 45.4 Å². The summed E-state index contributed by atoms with van der Waals surface area (Å²) in [5.41, 5.74) is 0.551. The summed E-state index contributed by atoms with van der Waals surface area (Å²) >= 11 is 0. The topological polar surface area (TPSA) is 373 Å². The summed E-state index contributed by atoms with van der Waals surface area (Å²) in [6.45, 7) is -0.0533. The van der Waals surface area contributed by atoms with Crippen molar-refractivity contribution in [3.63, 3.8) is 0 Å². The number of nitrogens with one attached hydrogen (secondary N) is 2. The number of aliphatic hydroxyl groups excluding tert-OH is 1. The third kappa shape index (κ3) is 11.3. The zero-order valence-corrected chi connectivity index (χ0v) is 34.3. The Kier molecular flexibility index (Phi) is 12.8. The van der Waals surface area contributed by atoms with E-state index in [1.807, 2.05) is 0 Å². The van der Waals surface area contributed by atoms with Gasteiger partial charge in [0.2, 0.25) is 17.8 Å². The molecule has 6 rings (SSSR count). The summed E-state index contributed by atoms with van der Waals surface area (Å²) in [7, 11) is -13.9. The molecule has 63 heavy (non-hydrogen) atoms. The molecule has 1 aromatic heterocycles. The van der Waals surface area contributed by atoms with Crippen LogP contribution in [0.4, 0.5) is 52.0 Å². The Hall–Kier alpha value is -7.40. The van der Waals surface area contributed by atoms with Crippen molar-refractivity contribution in [2.75, 3.05) is 35.7 Å². The van der Waals surface area contributed by atoms with Crippen molar-refractivity contribution in [2.45, 2.75) is 14.7 Å². The van der Waals surface area contributed by atoms with E-state index in [1.54, 1.807) is 36.2 Å². The van der Waals surface area contributed by atoms with Crippen molar-refractivity contribution in [1.82, 2.24) is 15.0 Å². The summed E-state index contributed by atoms with van der Waals surface area (Å²) in [6, 6.07) is 18.4. The Morgan fingerprint density at radius 1 is 0.571 bits per heavy atom. The Morgan fingerprint density at radius 2 is 1.00 bits per heavy atom. The minimum Gasteiger partial charge on any atom is -0.478 e. The molecule has 1 heterocycles. The first-order valence-corrected chi connectivity index (χ1v) is 21.7. The molecule has 0 saturated carbocycles. The molecule has 27 heteroatoms. The number of carboxylic acids is 2. The fraction of sp³-hybridized carbons (Fsp3) is 0.0833. The third-order valence-corrected chi connectivity index (χ3v) is 11.0. The second-order valence-electron chi connectivity index (χ2n) is 12.9. The molecule has 24 nitrogen and oxygen atoms in total. The van der Waals surface area contributed by atoms with Gasteiger partial charge in [0.1, 0.15) is 9.79 Å². The second kappa shape index (κ2) is 17.9. The number of aliphatic hydroxyl groups is 1. The number of azo groups is 2. The predicted molar refractivity (Wildman–Crippen MR) is 222 cm³/mol. The molecule has 0 radical (unpaired) electrons. The minimum absolute atomic E-state index is 0.0123. The highest BCUT2D eigenvalue weighted by Crippen LogP contribution is 2.36. The molecule has 0 bridgehead atoms. The van der Waals surface area contributed by atoms with Crippen LogP contribution in [0.5, 0.6) is 0 Å². The lowest BCUT2D eigenvalue weighted by Gasteiger charge is -2.17. The summed E-state index contributed by atoms with van der Waals surface area (Å²) in [5.74, 6) is -2.38. The normalized spacial score (nSPS) is 12.2. The number of likely N-dealkylation sites (N-methyl/N-ethyl adjacent to an activating group) is 1. The number of hydrogen-bond donors (Lipinski definition) is 8. The summed E-state index contributed by atoms with van der Waals surface area (Å²) in [4.78, 5) is 34.4. The van der Waals surface area contributed by atoms with Crippen molar-refractivity contribution in [2.24, 2.45) is 20.5 Å². The third-order valence-electron chi connectivity index (χ3n) is 8.43. The van der Waals surface area contributed by atoms with Crippen molar-refractivity contribution in [1.29, 1.82) is 0 Å². The average Bonchev–Trinajstić information content (AvgIpc) is 3.21. The lowest BCUT2D eigenvalue weighted by Crippen LogP contribution is -2.24. The fourth-order valence-corrected chi connectivity index (χ4v) is 7.56. The van der Waals surface area contributed by atoms with Gasteiger partial charge < -0.3 is 30.9 Å². The van der Waals surface area contributed by atoms with Gasteiger partial charge in [-0.2, -0.15) is 60.7 Å². The van der Waals surface area contributed by atoms with E-state index in [4.69, 9.17) is 0 Å². The molecule has 0 saturated heterocycles. The van der Waals surface area contributed by atoms with Gasteiger partial charge in [-0.05, 0) is 91.0 Å². The standard InChI is InChI=1S/C36H30N10O14S3/c1-46(10-11-47)36-40-34(37-21-2-6-23(7-3-21)42-44-25-13-19(32(48)49)12-20(14-25)33(50)51)39-35(41-36)38-22-4-8-24(9-5-22)43-45-26-15-28-29(30(16-26)62(55,56)57)17-27(61(52,53)54)18-31(28)63(58,59)60/h2-9,12-18,47H,10-11H2,1H3,(H,48,49)(H,50,51)(H,52,53,54)(H,55,56,57)(H,58,59,60)(H2,37,38,39,40,41). The number of nitrogens with zero attached hydrogens (tertiary/aromatic N) is 8. The monoisotopic (exact) mass is 922 g/mol. The van der Waals surface area contributed by atoms with Crippen LogP contribution in [0.25, 0.3) is 10.8 Å². The zero-order valence-electron chi connectivity index (χ0n) is 31.8. The number of carboxylic acid groups (broad SMARTS) is 2. The van der Waals surface area contributed by atoms with Crippen LogP contribution in [0, 0.1) is 0 Å². The number of anilines is 5. The molecular weight excluding hydrogens is 893 g/mol. The summed E-state index contributed by atoms with van der Waals surface area (Å²) in [5, 5.41) is 48.9. The number of carbonyl (C=O) groups is 2. The molecule has 0 amide bonds. The summed E-state index contributed by atoms with van der Waals surface area (Å²) in [6.07, 6.45) is 0. The molecule has 0 aliphatic carbocycles. The van der Waals surface area contributed by atoms with Crippen LogP contribution in [0.15, 0.2) is 126 Å². The average molecular weight is 923 g/mol. The molecule has 0 spiro atoms. The van der Waals surface area contributed by atoms with Crippen LogP contribution in [0.1, 0.15) is 20.7 Å². The zero-order chi connectivity index (χ0) is 45.9. The van der Waals surface area contributed by atoms with Crippen LogP contribution in [-0.2, 0) is 30.4 Å². The van der Waals surface area contributed by atoms with Crippen LogP contribution in [-0.4, -0.2) is 101 Å². The van der Waals surface area contributed by atoms with Crippen LogP contribution in [0.2, 0.25) is 0 Å². The quantitative estimate of drug-likeness (QED) is 0.0413. The largest absolute Gasteiger partial charge is 0.478 e. The molecule has 6 aromatic rings. The predicted octanol–water partition coefficient (Wildman–Crippen LogP) is 5.91. The summed E-state index contributed by atoms with van der Waals surface area (Å²) < 4.78 is 102. The van der Waals surface area contributed by atoms with Crippen molar-refractivity contribution in [3.05, 3.63) is 102 Å². The smallest absolute Gasteiger partial charge is 0.335 e. The van der Waals surface area contributed by atoms with Gasteiger partial charge in [-0.3, -0.25) is 13.7 Å². The van der Waals surface area contributed by atoms with Crippen molar-refractivity contribution < 1.29 is 63.8 Å². The van der Waals surface area contributed by atoms with Crippen molar-refractivity contribution >= 4 is 105 Å². The number of hydrogen-bond acceptors (Lipinski definition) is 19. The highest BCUT2D eigenvalue weighted by molar-refractivity contribution is 7.87. The van der Waals surface area contributed by atoms with Gasteiger partial charge in [-0.25, -0.2) is 9.59 Å². The Morgan fingerprint density at radius 3 is 1.43 bits per heavy atom. The molecule has 0 fully saturated rings. The molecule has 326 valence electrons. The molecule has 0 aliphatic heterocycles. The van der Waals surface area contributed by atoms with E-state index in [0.717, 1.165) is 18.2 Å². The van der Waals surface area contributed by atoms with Crippen molar-refractivity contribution in [3.8, 4) is 0 Å². The number of benzene rings is 5. The van der Waals surface area contributed by atoms with Crippen LogP contribution >= 0.6 is 0 Å². The van der Waals surface area contributed by atoms with Gasteiger partial charge in [0.25, 0.3) is 30.4 Å². The first-order valence-electron chi connectivity index (χ1n) is 17.4. The SMILES string of the molecule is CN(CCO)c1nc(Nc2ccc(N=Nc3cc(C(=O)O)cc(C(=O)O)c3)cc2)nc(Nc2ccc(N=Nc3cc(S(=O)(=O)O)c4cc(S(=O)(=O)O)cc(S(=O)(=O)O)c4c3)cc2)n1. The highest BCUT2D eigenvalue weighted by Gasteiger charge is 2.26. The van der Waals surface area contributed by atoms with E-state index < -0.39 is 67.8 Å². The van der Waals surface area contributed by atoms with Gasteiger partial charge in [-0.15, -0.1) is 0 Å². The van der Waals surface area contributed by atoms with E-state index in [2.05, 4.69) is 46.0 Å². The molecule has 8 N–H and O–H groups in total. The number of rotatable bonds is 16. The van der Waals surface area contributed by atoms with Gasteiger partial charge in [-0.1, -0.05) is 0 Å². The Bertz CT molecular complexity index is 3160. The lowest BCUT2D eigenvalue weighted by molar-refractivity contribution is 0.0696. The van der Waals surface area contributed by atoms with E-state index in [1.165, 1.54) is 36.4 Å². The van der Waals surface area contributed by atoms with E-state index in [-0.39, 0.29) is 59.2 Å². The maximum atomic E-state index is 12.3. The Labute approximate surface area is 355 Å². The molecule has 0 atom stereocenters. The molecule has 5 aromatic carbocycles. The number of aromatic nitrogens is 3. The fourth-order valence-electron chi connectivity index (χ4n) is 5.51. The lowest BCUT2D eigenvalue weighted by atomic mass is 10.1. The molecule has 0 unspecified atom stereocenters. The van der Waals surface area contributed by atoms with Gasteiger partial charge in [0, 0.05) is 35.7 Å².